The molecular weight excluding hydrogens is 263 g/mol. The second kappa shape index (κ2) is 6.09. The lowest BCUT2D eigenvalue weighted by atomic mass is 10.1. The summed E-state index contributed by atoms with van der Waals surface area (Å²) in [6.07, 6.45) is -5.00. The van der Waals surface area contributed by atoms with E-state index < -0.39 is 18.1 Å². The van der Waals surface area contributed by atoms with Gasteiger partial charge in [0.2, 0.25) is 0 Å². The third kappa shape index (κ3) is 4.87. The first-order chi connectivity index (χ1) is 8.85. The van der Waals surface area contributed by atoms with E-state index in [2.05, 4.69) is 4.74 Å². The standard InChI is InChI=1S/C12H10F3NO3/c1-2-18-11(17)6-8-3-4-10(5-9(8)7-16)19-12(13,14)15/h3-5H,2,6H2,1H3. The molecule has 0 aliphatic heterocycles. The van der Waals surface area contributed by atoms with Gasteiger partial charge in [-0.15, -0.1) is 13.2 Å². The van der Waals surface area contributed by atoms with Crippen molar-refractivity contribution in [2.24, 2.45) is 0 Å². The molecule has 102 valence electrons. The molecule has 0 radical (unpaired) electrons. The molecule has 0 saturated carbocycles. The van der Waals surface area contributed by atoms with Crippen molar-refractivity contribution >= 4 is 5.97 Å². The van der Waals surface area contributed by atoms with Gasteiger partial charge in [0.25, 0.3) is 0 Å². The van der Waals surface area contributed by atoms with E-state index in [-0.39, 0.29) is 24.2 Å². The van der Waals surface area contributed by atoms with Gasteiger partial charge in [-0.05, 0) is 24.6 Å². The Morgan fingerprint density at radius 3 is 2.63 bits per heavy atom. The largest absolute Gasteiger partial charge is 0.573 e. The molecule has 0 saturated heterocycles. The highest BCUT2D eigenvalue weighted by Gasteiger charge is 2.31. The maximum Gasteiger partial charge on any atom is 0.573 e. The molecule has 0 heterocycles. The zero-order chi connectivity index (χ0) is 14.5. The van der Waals surface area contributed by atoms with Gasteiger partial charge in [-0.25, -0.2) is 0 Å². The minimum absolute atomic E-state index is 0.0604. The fourth-order valence-corrected chi connectivity index (χ4v) is 1.38. The molecule has 1 rings (SSSR count). The van der Waals surface area contributed by atoms with Crippen molar-refractivity contribution < 1.29 is 27.4 Å². The molecule has 0 N–H and O–H groups in total. The summed E-state index contributed by atoms with van der Waals surface area (Å²) in [7, 11) is 0. The Morgan fingerprint density at radius 2 is 2.11 bits per heavy atom. The van der Waals surface area contributed by atoms with E-state index in [1.807, 2.05) is 0 Å². The molecule has 0 unspecified atom stereocenters. The van der Waals surface area contributed by atoms with E-state index >= 15 is 0 Å². The van der Waals surface area contributed by atoms with Gasteiger partial charge in [-0.1, -0.05) is 6.07 Å². The van der Waals surface area contributed by atoms with Crippen molar-refractivity contribution in [2.75, 3.05) is 6.61 Å². The number of halogens is 3. The number of hydrogen-bond donors (Lipinski definition) is 0. The Kier molecular flexibility index (Phi) is 4.75. The van der Waals surface area contributed by atoms with Crippen LogP contribution in [0.2, 0.25) is 0 Å². The van der Waals surface area contributed by atoms with Crippen LogP contribution in [0.1, 0.15) is 18.1 Å². The van der Waals surface area contributed by atoms with Crippen molar-refractivity contribution in [1.82, 2.24) is 0 Å². The van der Waals surface area contributed by atoms with E-state index in [9.17, 15) is 18.0 Å². The molecule has 0 bridgehead atoms. The summed E-state index contributed by atoms with van der Waals surface area (Å²) in [6.45, 7) is 1.82. The van der Waals surface area contributed by atoms with Crippen molar-refractivity contribution in [3.05, 3.63) is 29.3 Å². The molecule has 0 aliphatic rings. The lowest BCUT2D eigenvalue weighted by Gasteiger charge is -2.10. The van der Waals surface area contributed by atoms with Gasteiger partial charge in [0.1, 0.15) is 5.75 Å². The molecule has 0 spiro atoms. The van der Waals surface area contributed by atoms with Crippen LogP contribution in [0, 0.1) is 11.3 Å². The van der Waals surface area contributed by atoms with Gasteiger partial charge in [0.15, 0.2) is 0 Å². The first-order valence-corrected chi connectivity index (χ1v) is 5.30. The van der Waals surface area contributed by atoms with Crippen molar-refractivity contribution in [3.8, 4) is 11.8 Å². The van der Waals surface area contributed by atoms with Crippen LogP contribution in [0.5, 0.6) is 5.75 Å². The van der Waals surface area contributed by atoms with Gasteiger partial charge >= 0.3 is 12.3 Å². The predicted molar refractivity (Wildman–Crippen MR) is 58.2 cm³/mol. The van der Waals surface area contributed by atoms with Crippen LogP contribution in [0.3, 0.4) is 0 Å². The summed E-state index contributed by atoms with van der Waals surface area (Å²) in [6, 6.07) is 4.92. The molecule has 0 amide bonds. The zero-order valence-corrected chi connectivity index (χ0v) is 9.95. The minimum Gasteiger partial charge on any atom is -0.466 e. The van der Waals surface area contributed by atoms with Crippen LogP contribution in [0.4, 0.5) is 13.2 Å². The lowest BCUT2D eigenvalue weighted by molar-refractivity contribution is -0.274. The first kappa shape index (κ1) is 14.8. The zero-order valence-electron chi connectivity index (χ0n) is 9.95. The third-order valence-electron chi connectivity index (χ3n) is 2.08. The highest BCUT2D eigenvalue weighted by atomic mass is 19.4. The normalized spacial score (nSPS) is 10.7. The van der Waals surface area contributed by atoms with Crippen LogP contribution >= 0.6 is 0 Å². The number of ether oxygens (including phenoxy) is 2. The molecule has 0 atom stereocenters. The molecule has 0 aliphatic carbocycles. The first-order valence-electron chi connectivity index (χ1n) is 5.30. The topological polar surface area (TPSA) is 59.3 Å². The fourth-order valence-electron chi connectivity index (χ4n) is 1.38. The summed E-state index contributed by atoms with van der Waals surface area (Å²) in [5.74, 6) is -1.06. The third-order valence-corrected chi connectivity index (χ3v) is 2.08. The number of nitrogens with zero attached hydrogens (tertiary/aromatic N) is 1. The van der Waals surface area contributed by atoms with Gasteiger partial charge < -0.3 is 9.47 Å². The quantitative estimate of drug-likeness (QED) is 0.791. The Bertz CT molecular complexity index is 506. The fraction of sp³-hybridized carbons (Fsp3) is 0.333. The summed E-state index contributed by atoms with van der Waals surface area (Å²) in [4.78, 5) is 11.3. The molecule has 7 heteroatoms. The van der Waals surface area contributed by atoms with Gasteiger partial charge in [0.05, 0.1) is 24.7 Å². The molecule has 0 aromatic heterocycles. The van der Waals surface area contributed by atoms with Crippen LogP contribution in [0.25, 0.3) is 0 Å². The Hall–Kier alpha value is -2.23. The Labute approximate surface area is 107 Å². The van der Waals surface area contributed by atoms with E-state index in [0.29, 0.717) is 0 Å². The Balaban J connectivity index is 2.91. The smallest absolute Gasteiger partial charge is 0.466 e. The maximum absolute atomic E-state index is 12.0. The summed E-state index contributed by atoms with van der Waals surface area (Å²) in [5.41, 5.74) is 0.227. The number of esters is 1. The highest BCUT2D eigenvalue weighted by Crippen LogP contribution is 2.25. The summed E-state index contributed by atoms with van der Waals surface area (Å²) in [5, 5.41) is 8.85. The molecule has 1 aromatic carbocycles. The van der Waals surface area contributed by atoms with Crippen molar-refractivity contribution in [3.63, 3.8) is 0 Å². The highest BCUT2D eigenvalue weighted by molar-refractivity contribution is 5.73. The molecule has 19 heavy (non-hydrogen) atoms. The second-order valence-electron chi connectivity index (χ2n) is 3.46. The number of alkyl halides is 3. The number of nitriles is 1. The average molecular weight is 273 g/mol. The van der Waals surface area contributed by atoms with Gasteiger partial charge in [-0.2, -0.15) is 5.26 Å². The number of carbonyl (C=O) groups is 1. The summed E-state index contributed by atoms with van der Waals surface area (Å²) < 4.78 is 44.4. The van der Waals surface area contributed by atoms with E-state index in [1.165, 1.54) is 6.07 Å². The predicted octanol–water partition coefficient (Wildman–Crippen LogP) is 2.56. The number of benzene rings is 1. The van der Waals surface area contributed by atoms with Crippen molar-refractivity contribution in [2.45, 2.75) is 19.7 Å². The van der Waals surface area contributed by atoms with E-state index in [0.717, 1.165) is 12.1 Å². The van der Waals surface area contributed by atoms with Crippen LogP contribution in [-0.2, 0) is 16.0 Å². The van der Waals surface area contributed by atoms with E-state index in [4.69, 9.17) is 10.00 Å². The molecule has 1 aromatic rings. The van der Waals surface area contributed by atoms with Crippen molar-refractivity contribution in [1.29, 1.82) is 5.26 Å². The van der Waals surface area contributed by atoms with Crippen LogP contribution < -0.4 is 4.74 Å². The number of hydrogen-bond acceptors (Lipinski definition) is 4. The average Bonchev–Trinajstić information content (AvgIpc) is 2.29. The molecule has 4 nitrogen and oxygen atoms in total. The van der Waals surface area contributed by atoms with Crippen LogP contribution in [-0.4, -0.2) is 18.9 Å². The van der Waals surface area contributed by atoms with Gasteiger partial charge in [-0.3, -0.25) is 4.79 Å². The Morgan fingerprint density at radius 1 is 1.42 bits per heavy atom. The summed E-state index contributed by atoms with van der Waals surface area (Å²) >= 11 is 0. The molecule has 0 fully saturated rings. The minimum atomic E-state index is -4.82. The monoisotopic (exact) mass is 273 g/mol. The second-order valence-corrected chi connectivity index (χ2v) is 3.46. The van der Waals surface area contributed by atoms with Crippen LogP contribution in [0.15, 0.2) is 18.2 Å². The molecular formula is C12H10F3NO3. The maximum atomic E-state index is 12.0. The lowest BCUT2D eigenvalue weighted by Crippen LogP contribution is -2.17. The van der Waals surface area contributed by atoms with E-state index in [1.54, 1.807) is 13.0 Å². The van der Waals surface area contributed by atoms with Gasteiger partial charge in [0, 0.05) is 0 Å². The SMILES string of the molecule is CCOC(=O)Cc1ccc(OC(F)(F)F)cc1C#N. The number of rotatable bonds is 4. The number of carbonyl (C=O) groups excluding carboxylic acids is 1.